The maximum Gasteiger partial charge on any atom is 0.101 e. The summed E-state index contributed by atoms with van der Waals surface area (Å²) in [7, 11) is 0. The summed E-state index contributed by atoms with van der Waals surface area (Å²) in [5.74, 6) is 0. The smallest absolute Gasteiger partial charge is 0.101 e. The fourth-order valence-electron chi connectivity index (χ4n) is 4.24. The minimum Gasteiger partial charge on any atom is -0.302 e. The van der Waals surface area contributed by atoms with Gasteiger partial charge in [0.25, 0.3) is 0 Å². The molecule has 0 radical (unpaired) electrons. The minimum atomic E-state index is 0.864. The van der Waals surface area contributed by atoms with Crippen molar-refractivity contribution in [3.8, 4) is 33.1 Å². The van der Waals surface area contributed by atoms with Crippen molar-refractivity contribution >= 4 is 27.7 Å². The van der Waals surface area contributed by atoms with Gasteiger partial charge in [0.15, 0.2) is 0 Å². The second-order valence-electron chi connectivity index (χ2n) is 8.35. The molecule has 172 valence electrons. The summed E-state index contributed by atoms with van der Waals surface area (Å²) < 4.78 is 0. The maximum atomic E-state index is 4.97. The second-order valence-corrected chi connectivity index (χ2v) is 9.41. The number of thiophene rings is 1. The number of benzene rings is 3. The molecule has 3 aromatic heterocycles. The lowest BCUT2D eigenvalue weighted by atomic mass is 10.1. The molecular weight excluding hydrogens is 458 g/mol. The van der Waals surface area contributed by atoms with Crippen LogP contribution in [0.15, 0.2) is 140 Å². The Kier molecular flexibility index (Phi) is 6.09. The van der Waals surface area contributed by atoms with Gasteiger partial charge in [-0.15, -0.1) is 11.3 Å². The highest BCUT2D eigenvalue weighted by Gasteiger charge is 2.16. The molecule has 0 bridgehead atoms. The average Bonchev–Trinajstić information content (AvgIpc) is 3.45. The molecule has 0 spiro atoms. The molecule has 0 N–H and O–H groups in total. The van der Waals surface area contributed by atoms with E-state index in [1.165, 1.54) is 4.88 Å². The van der Waals surface area contributed by atoms with Crippen LogP contribution in [0.25, 0.3) is 33.1 Å². The Morgan fingerprint density at radius 3 is 1.75 bits per heavy atom. The second kappa shape index (κ2) is 9.98. The number of nitrogens with zero attached hydrogens (tertiary/aromatic N) is 3. The lowest BCUT2D eigenvalue weighted by Gasteiger charge is -2.23. The Labute approximate surface area is 215 Å². The van der Waals surface area contributed by atoms with E-state index in [0.29, 0.717) is 0 Å². The molecule has 0 aliphatic rings. The molecule has 6 rings (SSSR count). The number of aromatic nitrogens is 2. The zero-order valence-electron chi connectivity index (χ0n) is 19.5. The summed E-state index contributed by atoms with van der Waals surface area (Å²) in [6.07, 6.45) is 1.81. The van der Waals surface area contributed by atoms with E-state index >= 15 is 0 Å². The fraction of sp³-hybridized carbons (Fsp3) is 0. The first-order valence-corrected chi connectivity index (χ1v) is 12.7. The van der Waals surface area contributed by atoms with Gasteiger partial charge in [0.1, 0.15) is 5.00 Å². The van der Waals surface area contributed by atoms with Crippen molar-refractivity contribution in [3.05, 3.63) is 140 Å². The highest BCUT2D eigenvalue weighted by molar-refractivity contribution is 7.19. The van der Waals surface area contributed by atoms with Gasteiger partial charge in [0, 0.05) is 28.0 Å². The van der Waals surface area contributed by atoms with Crippen LogP contribution in [0.5, 0.6) is 0 Å². The van der Waals surface area contributed by atoms with Crippen LogP contribution in [0.1, 0.15) is 0 Å². The van der Waals surface area contributed by atoms with E-state index in [0.717, 1.165) is 44.6 Å². The summed E-state index contributed by atoms with van der Waals surface area (Å²) in [4.78, 5) is 13.0. The lowest BCUT2D eigenvalue weighted by Crippen LogP contribution is -2.07. The summed E-state index contributed by atoms with van der Waals surface area (Å²) in [5, 5.41) is 1.15. The van der Waals surface area contributed by atoms with Gasteiger partial charge in [-0.05, 0) is 66.2 Å². The van der Waals surface area contributed by atoms with E-state index in [-0.39, 0.29) is 0 Å². The van der Waals surface area contributed by atoms with E-state index < -0.39 is 0 Å². The Hall–Kier alpha value is -4.54. The van der Waals surface area contributed by atoms with Crippen LogP contribution in [-0.4, -0.2) is 9.97 Å². The van der Waals surface area contributed by atoms with Gasteiger partial charge < -0.3 is 4.90 Å². The Bertz CT molecular complexity index is 1470. The van der Waals surface area contributed by atoms with E-state index in [4.69, 9.17) is 4.98 Å². The predicted octanol–water partition coefficient (Wildman–Crippen LogP) is 9.01. The summed E-state index contributed by atoms with van der Waals surface area (Å²) in [6, 6.07) is 45.9. The standard InChI is InChI=1S/C32H23N3S/c1-4-12-24(13-5-1)29-22-25(23-30(34-29)28-18-10-11-21-33-28)31-19-20-32(36-31)35(26-14-6-2-7-15-26)27-16-8-3-9-17-27/h1-23H. The third-order valence-electron chi connectivity index (χ3n) is 5.95. The van der Waals surface area contributed by atoms with Crippen molar-refractivity contribution in [2.24, 2.45) is 0 Å². The normalized spacial score (nSPS) is 10.8. The van der Waals surface area contributed by atoms with E-state index in [1.807, 2.05) is 54.7 Å². The molecule has 4 heteroatoms. The number of rotatable bonds is 6. The van der Waals surface area contributed by atoms with E-state index in [9.17, 15) is 0 Å². The molecule has 3 nitrogen and oxygen atoms in total. The molecule has 0 unspecified atom stereocenters. The summed E-state index contributed by atoms with van der Waals surface area (Å²) >= 11 is 1.77. The first-order valence-electron chi connectivity index (χ1n) is 11.8. The zero-order valence-corrected chi connectivity index (χ0v) is 20.3. The number of hydrogen-bond acceptors (Lipinski definition) is 4. The van der Waals surface area contributed by atoms with Crippen LogP contribution in [-0.2, 0) is 0 Å². The Morgan fingerprint density at radius 1 is 0.500 bits per heavy atom. The van der Waals surface area contributed by atoms with Gasteiger partial charge in [0.2, 0.25) is 0 Å². The minimum absolute atomic E-state index is 0.864. The number of anilines is 3. The number of hydrogen-bond donors (Lipinski definition) is 0. The van der Waals surface area contributed by atoms with Crippen molar-refractivity contribution < 1.29 is 0 Å². The molecular formula is C32H23N3S. The highest BCUT2D eigenvalue weighted by Crippen LogP contribution is 2.42. The monoisotopic (exact) mass is 481 g/mol. The first-order chi connectivity index (χ1) is 17.8. The van der Waals surface area contributed by atoms with Crippen LogP contribution < -0.4 is 4.90 Å². The third-order valence-corrected chi connectivity index (χ3v) is 7.07. The molecule has 0 saturated heterocycles. The van der Waals surface area contributed by atoms with E-state index in [1.54, 1.807) is 11.3 Å². The van der Waals surface area contributed by atoms with Crippen LogP contribution >= 0.6 is 11.3 Å². The average molecular weight is 482 g/mol. The molecule has 0 saturated carbocycles. The van der Waals surface area contributed by atoms with Gasteiger partial charge in [0.05, 0.1) is 17.1 Å². The first kappa shape index (κ1) is 22.0. The molecule has 0 aliphatic carbocycles. The van der Waals surface area contributed by atoms with Gasteiger partial charge in [-0.1, -0.05) is 72.8 Å². The van der Waals surface area contributed by atoms with Crippen molar-refractivity contribution in [3.63, 3.8) is 0 Å². The van der Waals surface area contributed by atoms with Crippen LogP contribution in [0.4, 0.5) is 16.4 Å². The summed E-state index contributed by atoms with van der Waals surface area (Å²) in [5.41, 5.74) is 7.14. The molecule has 6 aromatic rings. The van der Waals surface area contributed by atoms with Gasteiger partial charge in [-0.2, -0.15) is 0 Å². The highest BCUT2D eigenvalue weighted by atomic mass is 32.1. The number of pyridine rings is 2. The fourth-order valence-corrected chi connectivity index (χ4v) is 5.27. The molecule has 0 fully saturated rings. The molecule has 3 heterocycles. The van der Waals surface area contributed by atoms with Crippen molar-refractivity contribution in [1.82, 2.24) is 9.97 Å². The molecule has 0 aliphatic heterocycles. The van der Waals surface area contributed by atoms with E-state index in [2.05, 4.69) is 94.8 Å². The SMILES string of the molecule is c1ccc(-c2cc(-c3ccc(N(c4ccccc4)c4ccccc4)s3)cc(-c3ccccn3)n2)cc1. The predicted molar refractivity (Wildman–Crippen MR) is 151 cm³/mol. The zero-order chi connectivity index (χ0) is 24.2. The molecule has 36 heavy (non-hydrogen) atoms. The van der Waals surface area contributed by atoms with Crippen molar-refractivity contribution in [1.29, 1.82) is 0 Å². The largest absolute Gasteiger partial charge is 0.302 e. The van der Waals surface area contributed by atoms with Crippen molar-refractivity contribution in [2.45, 2.75) is 0 Å². The van der Waals surface area contributed by atoms with Crippen LogP contribution in [0.3, 0.4) is 0 Å². The maximum absolute atomic E-state index is 4.97. The van der Waals surface area contributed by atoms with Gasteiger partial charge >= 0.3 is 0 Å². The summed E-state index contributed by atoms with van der Waals surface area (Å²) in [6.45, 7) is 0. The Balaban J connectivity index is 1.47. The molecule has 3 aromatic carbocycles. The topological polar surface area (TPSA) is 29.0 Å². The van der Waals surface area contributed by atoms with Crippen molar-refractivity contribution in [2.75, 3.05) is 4.90 Å². The quantitative estimate of drug-likeness (QED) is 0.238. The van der Waals surface area contributed by atoms with Crippen LogP contribution in [0, 0.1) is 0 Å². The number of para-hydroxylation sites is 2. The molecule has 0 atom stereocenters. The Morgan fingerprint density at radius 2 is 1.11 bits per heavy atom. The van der Waals surface area contributed by atoms with Gasteiger partial charge in [-0.3, -0.25) is 4.98 Å². The molecule has 0 amide bonds. The van der Waals surface area contributed by atoms with Gasteiger partial charge in [-0.25, -0.2) is 4.98 Å². The third kappa shape index (κ3) is 4.54. The van der Waals surface area contributed by atoms with Crippen LogP contribution in [0.2, 0.25) is 0 Å². The lowest BCUT2D eigenvalue weighted by molar-refractivity contribution is 1.25.